The second-order valence-corrected chi connectivity index (χ2v) is 4.70. The molecule has 0 amide bonds. The van der Waals surface area contributed by atoms with Crippen molar-refractivity contribution in [2.45, 2.75) is 13.3 Å². The van der Waals surface area contributed by atoms with Crippen LogP contribution < -0.4 is 5.32 Å². The average Bonchev–Trinajstić information content (AvgIpc) is 2.40. The second kappa shape index (κ2) is 6.03. The van der Waals surface area contributed by atoms with E-state index in [-0.39, 0.29) is 0 Å². The summed E-state index contributed by atoms with van der Waals surface area (Å²) in [7, 11) is 0. The van der Waals surface area contributed by atoms with Crippen LogP contribution in [0.15, 0.2) is 30.3 Å². The predicted molar refractivity (Wildman–Crippen MR) is 76.3 cm³/mol. The second-order valence-electron chi connectivity index (χ2n) is 3.85. The lowest BCUT2D eigenvalue weighted by Crippen LogP contribution is -2.02. The van der Waals surface area contributed by atoms with Crippen molar-refractivity contribution in [3.05, 3.63) is 40.4 Å². The van der Waals surface area contributed by atoms with Gasteiger partial charge in [0, 0.05) is 17.1 Å². The van der Waals surface area contributed by atoms with Crippen molar-refractivity contribution in [2.24, 2.45) is 0 Å². The highest BCUT2D eigenvalue weighted by Gasteiger charge is 2.06. The molecule has 0 fully saturated rings. The van der Waals surface area contributed by atoms with Crippen LogP contribution in [0.4, 0.5) is 5.82 Å². The molecule has 3 nitrogen and oxygen atoms in total. The van der Waals surface area contributed by atoms with Gasteiger partial charge >= 0.3 is 0 Å². The lowest BCUT2D eigenvalue weighted by molar-refractivity contribution is 0.945. The van der Waals surface area contributed by atoms with Crippen LogP contribution in [0.3, 0.4) is 0 Å². The van der Waals surface area contributed by atoms with Crippen LogP contribution in [0, 0.1) is 0 Å². The number of hydrogen-bond donors (Lipinski definition) is 1. The van der Waals surface area contributed by atoms with E-state index in [1.165, 1.54) is 0 Å². The van der Waals surface area contributed by atoms with Gasteiger partial charge in [-0.15, -0.1) is 10.2 Å². The summed E-state index contributed by atoms with van der Waals surface area (Å²) in [6.07, 6.45) is 1.05. The molecular weight excluding hydrogens is 269 g/mol. The van der Waals surface area contributed by atoms with Crippen LogP contribution in [0.1, 0.15) is 13.3 Å². The first-order valence-corrected chi connectivity index (χ1v) is 6.49. The van der Waals surface area contributed by atoms with Crippen molar-refractivity contribution < 1.29 is 0 Å². The molecule has 0 saturated carbocycles. The molecule has 18 heavy (non-hydrogen) atoms. The molecule has 0 atom stereocenters. The first-order chi connectivity index (χ1) is 8.70. The molecule has 0 radical (unpaired) electrons. The van der Waals surface area contributed by atoms with Crippen molar-refractivity contribution in [3.63, 3.8) is 0 Å². The average molecular weight is 282 g/mol. The lowest BCUT2D eigenvalue weighted by Gasteiger charge is -2.06. The topological polar surface area (TPSA) is 37.8 Å². The Bertz CT molecular complexity index is 526. The Balaban J connectivity index is 2.25. The van der Waals surface area contributed by atoms with Crippen molar-refractivity contribution in [3.8, 4) is 11.3 Å². The summed E-state index contributed by atoms with van der Waals surface area (Å²) in [6, 6.07) is 9.05. The van der Waals surface area contributed by atoms with Crippen molar-refractivity contribution in [1.29, 1.82) is 0 Å². The molecule has 0 aliphatic carbocycles. The zero-order chi connectivity index (χ0) is 13.0. The normalized spacial score (nSPS) is 10.4. The SMILES string of the molecule is CCCNc1ccc(-c2cc(Cl)ccc2Cl)nn1. The number of hydrogen-bond acceptors (Lipinski definition) is 3. The number of nitrogens with one attached hydrogen (secondary N) is 1. The minimum atomic E-state index is 0.614. The van der Waals surface area contributed by atoms with E-state index in [0.29, 0.717) is 15.7 Å². The van der Waals surface area contributed by atoms with Crippen LogP contribution in [0.2, 0.25) is 10.0 Å². The van der Waals surface area contributed by atoms with Crippen LogP contribution in [0.25, 0.3) is 11.3 Å². The summed E-state index contributed by atoms with van der Waals surface area (Å²) in [5, 5.41) is 12.7. The highest BCUT2D eigenvalue weighted by atomic mass is 35.5. The van der Waals surface area contributed by atoms with Gasteiger partial charge in [0.2, 0.25) is 0 Å². The summed E-state index contributed by atoms with van der Waals surface area (Å²) in [6.45, 7) is 2.98. The summed E-state index contributed by atoms with van der Waals surface area (Å²) in [5.74, 6) is 0.763. The van der Waals surface area contributed by atoms with Gasteiger partial charge in [0.25, 0.3) is 0 Å². The molecule has 1 heterocycles. The number of nitrogens with zero attached hydrogens (tertiary/aromatic N) is 2. The van der Waals surface area contributed by atoms with E-state index in [2.05, 4.69) is 22.4 Å². The summed E-state index contributed by atoms with van der Waals surface area (Å²) < 4.78 is 0. The minimum absolute atomic E-state index is 0.614. The zero-order valence-electron chi connectivity index (χ0n) is 9.95. The maximum Gasteiger partial charge on any atom is 0.148 e. The van der Waals surface area contributed by atoms with Crippen LogP contribution >= 0.6 is 23.2 Å². The molecule has 0 spiro atoms. The van der Waals surface area contributed by atoms with Gasteiger partial charge < -0.3 is 5.32 Å². The third-order valence-corrected chi connectivity index (χ3v) is 2.99. The Morgan fingerprint density at radius 2 is 1.94 bits per heavy atom. The summed E-state index contributed by atoms with van der Waals surface area (Å²) >= 11 is 12.1. The maximum absolute atomic E-state index is 6.11. The lowest BCUT2D eigenvalue weighted by atomic mass is 10.1. The van der Waals surface area contributed by atoms with Crippen LogP contribution in [0.5, 0.6) is 0 Å². The van der Waals surface area contributed by atoms with Crippen molar-refractivity contribution >= 4 is 29.0 Å². The molecule has 0 aliphatic rings. The number of halogens is 2. The zero-order valence-corrected chi connectivity index (χ0v) is 11.5. The molecule has 0 bridgehead atoms. The van der Waals surface area contributed by atoms with Gasteiger partial charge in [-0.05, 0) is 36.8 Å². The van der Waals surface area contributed by atoms with Crippen molar-refractivity contribution in [1.82, 2.24) is 10.2 Å². The number of benzene rings is 1. The monoisotopic (exact) mass is 281 g/mol. The minimum Gasteiger partial charge on any atom is -0.369 e. The Labute approximate surface area is 116 Å². The first kappa shape index (κ1) is 13.1. The molecule has 0 saturated heterocycles. The molecule has 2 aromatic rings. The maximum atomic E-state index is 6.11. The Kier molecular flexibility index (Phi) is 4.39. The van der Waals surface area contributed by atoms with E-state index >= 15 is 0 Å². The highest BCUT2D eigenvalue weighted by Crippen LogP contribution is 2.29. The standard InChI is InChI=1S/C13H13Cl2N3/c1-2-7-16-13-6-5-12(17-18-13)10-8-9(14)3-4-11(10)15/h3-6,8H,2,7H2,1H3,(H,16,18). The van der Waals surface area contributed by atoms with Gasteiger partial charge in [-0.25, -0.2) is 0 Å². The number of anilines is 1. The molecule has 0 unspecified atom stereocenters. The van der Waals surface area contributed by atoms with Gasteiger partial charge in [-0.1, -0.05) is 30.1 Å². The largest absolute Gasteiger partial charge is 0.369 e. The summed E-state index contributed by atoms with van der Waals surface area (Å²) in [5.41, 5.74) is 1.50. The van der Waals surface area contributed by atoms with E-state index < -0.39 is 0 Å². The molecule has 1 aromatic heterocycles. The predicted octanol–water partition coefficient (Wildman–Crippen LogP) is 4.27. The Morgan fingerprint density at radius 3 is 2.61 bits per heavy atom. The van der Waals surface area contributed by atoms with E-state index in [4.69, 9.17) is 23.2 Å². The fourth-order valence-electron chi connectivity index (χ4n) is 1.52. The van der Waals surface area contributed by atoms with Crippen molar-refractivity contribution in [2.75, 3.05) is 11.9 Å². The summed E-state index contributed by atoms with van der Waals surface area (Å²) in [4.78, 5) is 0. The smallest absolute Gasteiger partial charge is 0.148 e. The molecule has 0 aliphatic heterocycles. The highest BCUT2D eigenvalue weighted by molar-refractivity contribution is 6.35. The fraction of sp³-hybridized carbons (Fsp3) is 0.231. The van der Waals surface area contributed by atoms with E-state index in [9.17, 15) is 0 Å². The van der Waals surface area contributed by atoms with E-state index in [0.717, 1.165) is 24.3 Å². The van der Waals surface area contributed by atoms with Gasteiger partial charge in [0.1, 0.15) is 5.82 Å². The third-order valence-electron chi connectivity index (χ3n) is 2.43. The van der Waals surface area contributed by atoms with Gasteiger partial charge in [-0.2, -0.15) is 0 Å². The van der Waals surface area contributed by atoms with Crippen LogP contribution in [-0.2, 0) is 0 Å². The van der Waals surface area contributed by atoms with Gasteiger partial charge in [-0.3, -0.25) is 0 Å². The molecule has 5 heteroatoms. The first-order valence-electron chi connectivity index (χ1n) is 5.73. The molecule has 1 N–H and O–H groups in total. The van der Waals surface area contributed by atoms with E-state index in [1.807, 2.05) is 12.1 Å². The van der Waals surface area contributed by atoms with Crippen LogP contribution in [-0.4, -0.2) is 16.7 Å². The number of rotatable bonds is 4. The third kappa shape index (κ3) is 3.12. The Morgan fingerprint density at radius 1 is 1.11 bits per heavy atom. The number of aromatic nitrogens is 2. The quantitative estimate of drug-likeness (QED) is 0.909. The molecule has 2 rings (SSSR count). The Hall–Kier alpha value is -1.32. The van der Waals surface area contributed by atoms with E-state index in [1.54, 1.807) is 18.2 Å². The van der Waals surface area contributed by atoms with Gasteiger partial charge in [0.15, 0.2) is 0 Å². The molecular formula is C13H13Cl2N3. The fourth-order valence-corrected chi connectivity index (χ4v) is 1.90. The van der Waals surface area contributed by atoms with Gasteiger partial charge in [0.05, 0.1) is 10.7 Å². The molecule has 1 aromatic carbocycles. The molecule has 94 valence electrons.